The Morgan fingerprint density at radius 2 is 0.594 bits per heavy atom. The number of hydrogen-bond donors (Lipinski definition) is 0. The van der Waals surface area contributed by atoms with E-state index in [9.17, 15) is 14.4 Å². The lowest BCUT2D eigenvalue weighted by atomic mass is 10.1. The van der Waals surface area contributed by atoms with Crippen molar-refractivity contribution in [2.75, 3.05) is 13.2 Å². The van der Waals surface area contributed by atoms with Gasteiger partial charge in [0.2, 0.25) is 0 Å². The van der Waals surface area contributed by atoms with Gasteiger partial charge in [0.15, 0.2) is 6.10 Å². The average molecular weight is 956 g/mol. The number of allylic oxidation sites excluding steroid dienone is 20. The molecular formula is C63H102O6. The summed E-state index contributed by atoms with van der Waals surface area (Å²) in [7, 11) is 0. The largest absolute Gasteiger partial charge is 0.462 e. The fourth-order valence-electron chi connectivity index (χ4n) is 7.23. The highest BCUT2D eigenvalue weighted by Gasteiger charge is 2.19. The fourth-order valence-corrected chi connectivity index (χ4v) is 7.23. The van der Waals surface area contributed by atoms with Crippen LogP contribution in [0.4, 0.5) is 0 Å². The van der Waals surface area contributed by atoms with Gasteiger partial charge >= 0.3 is 17.9 Å². The number of hydrogen-bond acceptors (Lipinski definition) is 6. The molecule has 0 spiro atoms. The Labute approximate surface area is 424 Å². The van der Waals surface area contributed by atoms with E-state index in [0.717, 1.165) is 116 Å². The lowest BCUT2D eigenvalue weighted by molar-refractivity contribution is -0.166. The van der Waals surface area contributed by atoms with Crippen LogP contribution in [0.5, 0.6) is 0 Å². The minimum Gasteiger partial charge on any atom is -0.462 e. The predicted molar refractivity (Wildman–Crippen MR) is 297 cm³/mol. The second-order valence-corrected chi connectivity index (χ2v) is 18.1. The second kappa shape index (κ2) is 56.4. The molecule has 0 aliphatic rings. The van der Waals surface area contributed by atoms with Crippen molar-refractivity contribution in [3.63, 3.8) is 0 Å². The van der Waals surface area contributed by atoms with Crippen molar-refractivity contribution in [1.82, 2.24) is 0 Å². The third-order valence-electron chi connectivity index (χ3n) is 11.4. The van der Waals surface area contributed by atoms with E-state index < -0.39 is 12.1 Å². The number of esters is 3. The molecule has 6 nitrogen and oxygen atoms in total. The Hall–Kier alpha value is -4.19. The van der Waals surface area contributed by atoms with Crippen LogP contribution in [0.3, 0.4) is 0 Å². The van der Waals surface area contributed by atoms with Gasteiger partial charge in [0.05, 0.1) is 0 Å². The van der Waals surface area contributed by atoms with Crippen molar-refractivity contribution in [1.29, 1.82) is 0 Å². The summed E-state index contributed by atoms with van der Waals surface area (Å²) in [4.78, 5) is 38.1. The highest BCUT2D eigenvalue weighted by Crippen LogP contribution is 2.13. The van der Waals surface area contributed by atoms with Crippen LogP contribution in [-0.2, 0) is 28.6 Å². The molecule has 69 heavy (non-hydrogen) atoms. The minimum atomic E-state index is -0.831. The van der Waals surface area contributed by atoms with Gasteiger partial charge in [0.1, 0.15) is 13.2 Å². The van der Waals surface area contributed by atoms with Crippen LogP contribution in [-0.4, -0.2) is 37.2 Å². The fraction of sp³-hybridized carbons (Fsp3) is 0.635. The average Bonchev–Trinajstić information content (AvgIpc) is 3.35. The summed E-state index contributed by atoms with van der Waals surface area (Å²) >= 11 is 0. The molecule has 0 aromatic heterocycles. The van der Waals surface area contributed by atoms with Gasteiger partial charge in [-0.25, -0.2) is 0 Å². The predicted octanol–water partition coefficient (Wildman–Crippen LogP) is 18.9. The van der Waals surface area contributed by atoms with Crippen LogP contribution in [0.15, 0.2) is 122 Å². The van der Waals surface area contributed by atoms with Crippen LogP contribution >= 0.6 is 0 Å². The third kappa shape index (κ3) is 54.6. The Balaban J connectivity index is 4.56. The highest BCUT2D eigenvalue weighted by molar-refractivity contribution is 5.71. The van der Waals surface area contributed by atoms with Crippen LogP contribution < -0.4 is 0 Å². The lowest BCUT2D eigenvalue weighted by Gasteiger charge is -2.18. The topological polar surface area (TPSA) is 78.9 Å². The Bertz CT molecular complexity index is 1470. The van der Waals surface area contributed by atoms with E-state index in [0.29, 0.717) is 19.3 Å². The molecule has 0 unspecified atom stereocenters. The molecular weight excluding hydrogens is 853 g/mol. The Kier molecular flexibility index (Phi) is 53.0. The summed E-state index contributed by atoms with van der Waals surface area (Å²) in [5.41, 5.74) is 0. The molecule has 0 bridgehead atoms. The van der Waals surface area contributed by atoms with Gasteiger partial charge in [-0.1, -0.05) is 219 Å². The maximum atomic E-state index is 12.8. The zero-order valence-corrected chi connectivity index (χ0v) is 44.5. The molecule has 0 aromatic carbocycles. The smallest absolute Gasteiger partial charge is 0.306 e. The molecule has 1 atom stereocenters. The Morgan fingerprint density at radius 3 is 0.942 bits per heavy atom. The first-order chi connectivity index (χ1) is 34.0. The maximum Gasteiger partial charge on any atom is 0.306 e. The molecule has 0 N–H and O–H groups in total. The molecule has 0 radical (unpaired) electrons. The van der Waals surface area contributed by atoms with Gasteiger partial charge in [0, 0.05) is 19.3 Å². The molecule has 6 heteroatoms. The van der Waals surface area contributed by atoms with Gasteiger partial charge in [-0.2, -0.15) is 0 Å². The molecule has 0 saturated carbocycles. The summed E-state index contributed by atoms with van der Waals surface area (Å²) in [5.74, 6) is -1.03. The molecule has 0 aromatic rings. The number of carbonyl (C=O) groups is 3. The van der Waals surface area contributed by atoms with Crippen molar-refractivity contribution < 1.29 is 28.6 Å². The van der Waals surface area contributed by atoms with E-state index >= 15 is 0 Å². The summed E-state index contributed by atoms with van der Waals surface area (Å²) < 4.78 is 16.8. The number of carbonyl (C=O) groups excluding carboxylic acids is 3. The normalized spacial score (nSPS) is 13.0. The number of ether oxygens (including phenoxy) is 3. The van der Waals surface area contributed by atoms with Crippen molar-refractivity contribution >= 4 is 17.9 Å². The molecule has 0 fully saturated rings. The zero-order valence-electron chi connectivity index (χ0n) is 44.5. The molecule has 0 aliphatic carbocycles. The zero-order chi connectivity index (χ0) is 50.0. The summed E-state index contributed by atoms with van der Waals surface area (Å²) in [6.45, 7) is 6.39. The first-order valence-corrected chi connectivity index (χ1v) is 28.0. The summed E-state index contributed by atoms with van der Waals surface area (Å²) in [6, 6.07) is 0. The van der Waals surface area contributed by atoms with E-state index in [1.165, 1.54) is 77.0 Å². The molecule has 0 heterocycles. The first kappa shape index (κ1) is 64.8. The number of unbranched alkanes of at least 4 members (excludes halogenated alkanes) is 18. The van der Waals surface area contributed by atoms with Crippen LogP contribution in [0.25, 0.3) is 0 Å². The van der Waals surface area contributed by atoms with E-state index in [2.05, 4.69) is 130 Å². The highest BCUT2D eigenvalue weighted by atomic mass is 16.6. The van der Waals surface area contributed by atoms with Crippen molar-refractivity contribution in [2.45, 2.75) is 245 Å². The van der Waals surface area contributed by atoms with Gasteiger partial charge < -0.3 is 14.2 Å². The van der Waals surface area contributed by atoms with Crippen molar-refractivity contribution in [2.24, 2.45) is 0 Å². The molecule has 0 rings (SSSR count). The third-order valence-corrected chi connectivity index (χ3v) is 11.4. The quantitative estimate of drug-likeness (QED) is 0.0262. The molecule has 0 aliphatic heterocycles. The van der Waals surface area contributed by atoms with Gasteiger partial charge in [-0.3, -0.25) is 14.4 Å². The summed E-state index contributed by atoms with van der Waals surface area (Å²) in [5, 5.41) is 0. The van der Waals surface area contributed by atoms with Crippen LogP contribution in [0.2, 0.25) is 0 Å². The lowest BCUT2D eigenvalue weighted by Crippen LogP contribution is -2.30. The molecule has 390 valence electrons. The van der Waals surface area contributed by atoms with Gasteiger partial charge in [-0.05, 0) is 122 Å². The molecule has 0 amide bonds. The SMILES string of the molecule is CC/C=C\C/C=C\C/C=C\C/C=C\C/C=C\C/C=C\CCC(=O)O[C@@H](COC(=O)CCCCCCC/C=C\C/C=C\CCCCC)COC(=O)CCCCCCCCC/C=C\C/C=C\CCCCC. The first-order valence-electron chi connectivity index (χ1n) is 28.0. The summed E-state index contributed by atoms with van der Waals surface area (Å²) in [6.07, 6.45) is 77.6. The van der Waals surface area contributed by atoms with Crippen LogP contribution in [0, 0.1) is 0 Å². The van der Waals surface area contributed by atoms with Crippen LogP contribution in [0.1, 0.15) is 239 Å². The molecule has 0 saturated heterocycles. The minimum absolute atomic E-state index is 0.120. The Morgan fingerprint density at radius 1 is 0.304 bits per heavy atom. The van der Waals surface area contributed by atoms with Gasteiger partial charge in [0.25, 0.3) is 0 Å². The standard InChI is InChI=1S/C63H102O6/c1-4-7-10-13-16-19-22-25-28-30-31-33-36-39-42-45-48-51-54-57-63(66)69-60(58-67-61(64)55-52-49-46-43-40-37-34-27-24-21-18-15-12-9-6-3)59-68-62(65)56-53-50-47-44-41-38-35-32-29-26-23-20-17-14-11-8-5-2/h7,10,16-21,25-29,31,33-34,39,42,48,51,60H,4-6,8-9,11-15,22-24,30,32,35-38,40-41,43-47,49-50,52-59H2,1-3H3/b10-7-,19-16-,20-17-,21-18-,28-25-,29-26-,33-31-,34-27-,42-39-,51-48-/t60-/m0/s1. The van der Waals surface area contributed by atoms with Gasteiger partial charge in [-0.15, -0.1) is 0 Å². The van der Waals surface area contributed by atoms with E-state index in [4.69, 9.17) is 14.2 Å². The van der Waals surface area contributed by atoms with Crippen molar-refractivity contribution in [3.8, 4) is 0 Å². The monoisotopic (exact) mass is 955 g/mol. The number of rotatable bonds is 49. The van der Waals surface area contributed by atoms with E-state index in [-0.39, 0.29) is 31.6 Å². The van der Waals surface area contributed by atoms with E-state index in [1.54, 1.807) is 0 Å². The van der Waals surface area contributed by atoms with E-state index in [1.807, 2.05) is 12.2 Å². The maximum absolute atomic E-state index is 12.8. The second-order valence-electron chi connectivity index (χ2n) is 18.1. The van der Waals surface area contributed by atoms with Crippen molar-refractivity contribution in [3.05, 3.63) is 122 Å².